The molecule has 0 N–H and O–H groups in total. The lowest BCUT2D eigenvalue weighted by Gasteiger charge is -2.22. The highest BCUT2D eigenvalue weighted by molar-refractivity contribution is 7.87. The van der Waals surface area contributed by atoms with Gasteiger partial charge in [0.2, 0.25) is 0 Å². The van der Waals surface area contributed by atoms with E-state index in [1.165, 1.54) is 0 Å². The molecule has 1 aliphatic rings. The molecular weight excluding hydrogens is 292 g/mol. The molecule has 1 heterocycles. The number of rotatable bonds is 7. The Kier molecular flexibility index (Phi) is 6.02. The van der Waals surface area contributed by atoms with Crippen molar-refractivity contribution in [1.82, 2.24) is 0 Å². The molecule has 2 rings (SSSR count). The molecule has 0 amide bonds. The Balaban J connectivity index is 1.89. The van der Waals surface area contributed by atoms with Gasteiger partial charge in [0.25, 0.3) is 0 Å². The van der Waals surface area contributed by atoms with Gasteiger partial charge in [0.1, 0.15) is 11.5 Å². The second kappa shape index (κ2) is 7.77. The van der Waals surface area contributed by atoms with E-state index in [1.54, 1.807) is 19.2 Å². The first-order valence-corrected chi connectivity index (χ1v) is 8.78. The van der Waals surface area contributed by atoms with E-state index in [-0.39, 0.29) is 11.9 Å². The van der Waals surface area contributed by atoms with Gasteiger partial charge in [-0.2, -0.15) is 8.42 Å². The van der Waals surface area contributed by atoms with E-state index >= 15 is 0 Å². The van der Waals surface area contributed by atoms with Gasteiger partial charge in [0.05, 0.1) is 12.7 Å². The summed E-state index contributed by atoms with van der Waals surface area (Å²) in [4.78, 5) is 0. The minimum absolute atomic E-state index is 0.0849. The first kappa shape index (κ1) is 16.3. The quantitative estimate of drug-likeness (QED) is 0.722. The molecule has 1 saturated heterocycles. The molecule has 1 fully saturated rings. The smallest absolute Gasteiger partial charge is 0.311 e. The summed E-state index contributed by atoms with van der Waals surface area (Å²) < 4.78 is 39.6. The van der Waals surface area contributed by atoms with Crippen molar-refractivity contribution in [2.45, 2.75) is 31.8 Å². The molecule has 1 aromatic rings. The van der Waals surface area contributed by atoms with Crippen molar-refractivity contribution in [3.63, 3.8) is 0 Å². The zero-order valence-electron chi connectivity index (χ0n) is 12.3. The minimum atomic E-state index is -3.61. The van der Waals surface area contributed by atoms with Crippen LogP contribution in [-0.4, -0.2) is 40.6 Å². The van der Waals surface area contributed by atoms with Crippen molar-refractivity contribution in [1.29, 1.82) is 0 Å². The summed E-state index contributed by atoms with van der Waals surface area (Å²) in [5.41, 5.74) is 1.08. The van der Waals surface area contributed by atoms with Crippen LogP contribution in [0.15, 0.2) is 24.3 Å². The maximum Gasteiger partial charge on any atom is 0.311 e. The Morgan fingerprint density at radius 3 is 2.62 bits per heavy atom. The SMILES string of the molecule is COCCc1ccc(OS(=O)(=O)CC2CCCCO2)cc1. The van der Waals surface area contributed by atoms with E-state index in [1.807, 2.05) is 12.1 Å². The molecule has 0 radical (unpaired) electrons. The van der Waals surface area contributed by atoms with Crippen LogP contribution in [0.3, 0.4) is 0 Å². The molecule has 0 saturated carbocycles. The van der Waals surface area contributed by atoms with Crippen LogP contribution in [0.2, 0.25) is 0 Å². The van der Waals surface area contributed by atoms with Gasteiger partial charge < -0.3 is 13.7 Å². The standard InChI is InChI=1S/C15H22O5S/c1-18-11-9-13-5-7-14(8-6-13)20-21(16,17)12-15-4-2-3-10-19-15/h5-8,15H,2-4,9-12H2,1H3. The molecule has 0 spiro atoms. The second-order valence-electron chi connectivity index (χ2n) is 5.18. The lowest BCUT2D eigenvalue weighted by molar-refractivity contribution is 0.0298. The summed E-state index contributed by atoms with van der Waals surface area (Å²) in [7, 11) is -1.96. The summed E-state index contributed by atoms with van der Waals surface area (Å²) in [5, 5.41) is 0. The number of hydrogen-bond donors (Lipinski definition) is 0. The zero-order valence-corrected chi connectivity index (χ0v) is 13.1. The summed E-state index contributed by atoms with van der Waals surface area (Å²) >= 11 is 0. The monoisotopic (exact) mass is 314 g/mol. The van der Waals surface area contributed by atoms with Crippen LogP contribution in [-0.2, 0) is 26.0 Å². The van der Waals surface area contributed by atoms with Gasteiger partial charge in [-0.15, -0.1) is 0 Å². The van der Waals surface area contributed by atoms with Gasteiger partial charge in [-0.25, -0.2) is 0 Å². The number of methoxy groups -OCH3 is 1. The predicted octanol–water partition coefficient (Wildman–Crippen LogP) is 2.15. The van der Waals surface area contributed by atoms with E-state index < -0.39 is 10.1 Å². The fourth-order valence-electron chi connectivity index (χ4n) is 2.28. The van der Waals surface area contributed by atoms with E-state index in [0.717, 1.165) is 31.2 Å². The predicted molar refractivity (Wildman–Crippen MR) is 80.0 cm³/mol. The van der Waals surface area contributed by atoms with E-state index in [2.05, 4.69) is 0 Å². The average molecular weight is 314 g/mol. The Morgan fingerprint density at radius 1 is 1.24 bits per heavy atom. The Bertz CT molecular complexity index is 517. The summed E-state index contributed by atoms with van der Waals surface area (Å²) in [5.74, 6) is 0.255. The first-order chi connectivity index (χ1) is 10.1. The largest absolute Gasteiger partial charge is 0.384 e. The van der Waals surface area contributed by atoms with Crippen LogP contribution >= 0.6 is 0 Å². The van der Waals surface area contributed by atoms with Crippen molar-refractivity contribution in [3.8, 4) is 5.75 Å². The second-order valence-corrected chi connectivity index (χ2v) is 6.80. The van der Waals surface area contributed by atoms with Crippen LogP contribution in [0.5, 0.6) is 5.75 Å². The molecule has 1 atom stereocenters. The molecule has 0 bridgehead atoms. The molecule has 5 nitrogen and oxygen atoms in total. The molecule has 0 aliphatic carbocycles. The summed E-state index contributed by atoms with van der Waals surface area (Å²) in [6, 6.07) is 7.04. The number of benzene rings is 1. The molecule has 1 aliphatic heterocycles. The van der Waals surface area contributed by atoms with Crippen LogP contribution in [0.25, 0.3) is 0 Å². The Morgan fingerprint density at radius 2 is 2.00 bits per heavy atom. The van der Waals surface area contributed by atoms with Crippen molar-refractivity contribution in [3.05, 3.63) is 29.8 Å². The lowest BCUT2D eigenvalue weighted by Crippen LogP contribution is -2.29. The fourth-order valence-corrected chi connectivity index (χ4v) is 3.47. The van der Waals surface area contributed by atoms with Gasteiger partial charge in [-0.1, -0.05) is 12.1 Å². The highest BCUT2D eigenvalue weighted by atomic mass is 32.2. The van der Waals surface area contributed by atoms with Crippen molar-refractivity contribution < 1.29 is 22.1 Å². The van der Waals surface area contributed by atoms with Crippen LogP contribution in [0.4, 0.5) is 0 Å². The molecule has 1 unspecified atom stereocenters. The molecule has 21 heavy (non-hydrogen) atoms. The molecule has 1 aromatic carbocycles. The summed E-state index contributed by atoms with van der Waals surface area (Å²) in [6.07, 6.45) is 3.33. The summed E-state index contributed by atoms with van der Waals surface area (Å²) in [6.45, 7) is 1.27. The van der Waals surface area contributed by atoms with Gasteiger partial charge in [-0.05, 0) is 43.4 Å². The van der Waals surface area contributed by atoms with Crippen LogP contribution in [0, 0.1) is 0 Å². The molecule has 118 valence electrons. The molecular formula is C15H22O5S. The highest BCUT2D eigenvalue weighted by Crippen LogP contribution is 2.18. The third kappa shape index (κ3) is 5.65. The highest BCUT2D eigenvalue weighted by Gasteiger charge is 2.23. The van der Waals surface area contributed by atoms with E-state index in [9.17, 15) is 8.42 Å². The maximum absolute atomic E-state index is 12.0. The van der Waals surface area contributed by atoms with Crippen molar-refractivity contribution in [2.24, 2.45) is 0 Å². The Labute approximate surface area is 126 Å². The van der Waals surface area contributed by atoms with E-state index in [0.29, 0.717) is 19.0 Å². The topological polar surface area (TPSA) is 61.8 Å². The third-order valence-electron chi connectivity index (χ3n) is 3.41. The Hall–Kier alpha value is -1.11. The van der Waals surface area contributed by atoms with Gasteiger partial charge in [0.15, 0.2) is 0 Å². The normalized spacial score (nSPS) is 19.4. The molecule has 6 heteroatoms. The van der Waals surface area contributed by atoms with E-state index in [4.69, 9.17) is 13.7 Å². The first-order valence-electron chi connectivity index (χ1n) is 7.21. The lowest BCUT2D eigenvalue weighted by atomic mass is 10.1. The average Bonchev–Trinajstić information content (AvgIpc) is 2.47. The zero-order chi connectivity index (χ0) is 15.1. The number of hydrogen-bond acceptors (Lipinski definition) is 5. The minimum Gasteiger partial charge on any atom is -0.384 e. The van der Waals surface area contributed by atoms with Crippen LogP contribution < -0.4 is 4.18 Å². The van der Waals surface area contributed by atoms with Crippen molar-refractivity contribution >= 4 is 10.1 Å². The van der Waals surface area contributed by atoms with Crippen LogP contribution in [0.1, 0.15) is 24.8 Å². The van der Waals surface area contributed by atoms with Gasteiger partial charge >= 0.3 is 10.1 Å². The third-order valence-corrected chi connectivity index (χ3v) is 4.63. The van der Waals surface area contributed by atoms with Gasteiger partial charge in [0, 0.05) is 13.7 Å². The fraction of sp³-hybridized carbons (Fsp3) is 0.600. The maximum atomic E-state index is 12.0. The van der Waals surface area contributed by atoms with Gasteiger partial charge in [-0.3, -0.25) is 0 Å². The van der Waals surface area contributed by atoms with Crippen molar-refractivity contribution in [2.75, 3.05) is 26.1 Å². The molecule has 0 aromatic heterocycles. The number of ether oxygens (including phenoxy) is 2.